The molecule has 0 atom stereocenters. The third-order valence-corrected chi connectivity index (χ3v) is 9.12. The van der Waals surface area contributed by atoms with Gasteiger partial charge in [0.1, 0.15) is 24.7 Å². The van der Waals surface area contributed by atoms with Crippen LogP contribution in [0.1, 0.15) is 48.2 Å². The Morgan fingerprint density at radius 2 is 1.02 bits per heavy atom. The summed E-state index contributed by atoms with van der Waals surface area (Å²) >= 11 is 0. The van der Waals surface area contributed by atoms with Crippen LogP contribution >= 0.6 is 0 Å². The lowest BCUT2D eigenvalue weighted by Crippen LogP contribution is -2.34. The number of aliphatic hydroxyl groups excluding tert-OH is 1. The highest BCUT2D eigenvalue weighted by Gasteiger charge is 2.38. The highest BCUT2D eigenvalue weighted by Crippen LogP contribution is 2.47. The van der Waals surface area contributed by atoms with Crippen molar-refractivity contribution in [3.8, 4) is 11.5 Å². The van der Waals surface area contributed by atoms with Gasteiger partial charge in [0.25, 0.3) is 0 Å². The van der Waals surface area contributed by atoms with E-state index in [1.54, 1.807) is 0 Å². The van der Waals surface area contributed by atoms with Crippen LogP contribution in [0.15, 0.2) is 121 Å². The lowest BCUT2D eigenvalue weighted by molar-refractivity contribution is 0.164. The number of ether oxygens (including phenoxy) is 2. The number of aromatic nitrogens is 2. The molecule has 2 aromatic heterocycles. The van der Waals surface area contributed by atoms with E-state index in [1.165, 1.54) is 11.1 Å². The van der Waals surface area contributed by atoms with Crippen LogP contribution in [-0.2, 0) is 18.6 Å². The minimum Gasteiger partial charge on any atom is -0.487 e. The molecule has 0 amide bonds. The van der Waals surface area contributed by atoms with Gasteiger partial charge in [-0.2, -0.15) is 0 Å². The van der Waals surface area contributed by atoms with Crippen molar-refractivity contribution in [2.45, 2.75) is 44.3 Å². The van der Waals surface area contributed by atoms with Gasteiger partial charge in [0, 0.05) is 22.8 Å². The molecule has 0 spiro atoms. The minimum atomic E-state index is -0.122. The van der Waals surface area contributed by atoms with Gasteiger partial charge in [0.15, 0.2) is 0 Å². The number of rotatable bonds is 9. The first kappa shape index (κ1) is 28.1. The number of aliphatic hydroxyl groups is 1. The first-order chi connectivity index (χ1) is 21.7. The van der Waals surface area contributed by atoms with Crippen LogP contribution in [0.3, 0.4) is 0 Å². The van der Waals surface area contributed by atoms with Gasteiger partial charge in [-0.1, -0.05) is 72.8 Å². The number of para-hydroxylation sites is 2. The summed E-state index contributed by atoms with van der Waals surface area (Å²) in [5.74, 6) is 2.01. The molecule has 1 aliphatic rings. The summed E-state index contributed by atoms with van der Waals surface area (Å²) in [6.45, 7) is 1.09. The largest absolute Gasteiger partial charge is 0.487 e. The quantitative estimate of drug-likeness (QED) is 0.186. The monoisotopic (exact) mass is 580 g/mol. The van der Waals surface area contributed by atoms with Gasteiger partial charge in [-0.25, -0.2) is 9.97 Å². The van der Waals surface area contributed by atoms with Crippen molar-refractivity contribution in [2.24, 2.45) is 5.92 Å². The summed E-state index contributed by atoms with van der Waals surface area (Å²) in [4.78, 5) is 9.47. The van der Waals surface area contributed by atoms with Gasteiger partial charge in [-0.3, -0.25) is 0 Å². The standard InChI is InChI=1S/C39H36N2O3/c42-25-28-21-23-39(24-22-28,31-11-17-35(18-12-31)43-26-33-15-9-29-5-1-3-7-37(29)40-33)32-13-19-36(20-14-32)44-27-34-16-10-30-6-2-4-8-38(30)41-34/h1-20,28,42H,21-27H2. The van der Waals surface area contributed by atoms with Crippen molar-refractivity contribution in [1.82, 2.24) is 9.97 Å². The average molecular weight is 581 g/mol. The smallest absolute Gasteiger partial charge is 0.130 e. The Hall–Kier alpha value is -4.74. The summed E-state index contributed by atoms with van der Waals surface area (Å²) < 4.78 is 12.3. The molecule has 1 N–H and O–H groups in total. The molecule has 5 nitrogen and oxygen atoms in total. The molecule has 1 fully saturated rings. The molecule has 0 aliphatic heterocycles. The third-order valence-electron chi connectivity index (χ3n) is 9.12. The number of fused-ring (bicyclic) bond motifs is 2. The van der Waals surface area contributed by atoms with Crippen LogP contribution < -0.4 is 9.47 Å². The molecule has 0 saturated heterocycles. The van der Waals surface area contributed by atoms with Crippen molar-refractivity contribution >= 4 is 21.8 Å². The maximum Gasteiger partial charge on any atom is 0.130 e. The lowest BCUT2D eigenvalue weighted by atomic mass is 9.63. The van der Waals surface area contributed by atoms with Gasteiger partial charge in [-0.15, -0.1) is 0 Å². The van der Waals surface area contributed by atoms with Gasteiger partial charge < -0.3 is 14.6 Å². The van der Waals surface area contributed by atoms with Crippen molar-refractivity contribution < 1.29 is 14.6 Å². The summed E-state index contributed by atoms with van der Waals surface area (Å²) in [5.41, 5.74) is 6.20. The molecule has 220 valence electrons. The molecule has 0 bridgehead atoms. The van der Waals surface area contributed by atoms with Gasteiger partial charge in [0.2, 0.25) is 0 Å². The Morgan fingerprint density at radius 3 is 1.48 bits per heavy atom. The summed E-state index contributed by atoms with van der Waals surface area (Å²) in [6.07, 6.45) is 3.96. The van der Waals surface area contributed by atoms with Crippen LogP contribution in [0.4, 0.5) is 0 Å². The molecule has 0 unspecified atom stereocenters. The minimum absolute atomic E-state index is 0.122. The zero-order valence-electron chi connectivity index (χ0n) is 24.7. The Labute approximate surface area is 258 Å². The first-order valence-corrected chi connectivity index (χ1v) is 15.5. The maximum absolute atomic E-state index is 9.85. The van der Waals surface area contributed by atoms with Gasteiger partial charge >= 0.3 is 0 Å². The Kier molecular flexibility index (Phi) is 7.95. The van der Waals surface area contributed by atoms with E-state index in [9.17, 15) is 5.11 Å². The van der Waals surface area contributed by atoms with Crippen molar-refractivity contribution in [2.75, 3.05) is 6.61 Å². The van der Waals surface area contributed by atoms with Crippen LogP contribution in [0, 0.1) is 5.92 Å². The normalized spacial score (nSPS) is 14.9. The Morgan fingerprint density at radius 1 is 0.568 bits per heavy atom. The van der Waals surface area contributed by atoms with Crippen LogP contribution in [0.25, 0.3) is 21.8 Å². The zero-order chi connectivity index (χ0) is 29.8. The summed E-state index contributed by atoms with van der Waals surface area (Å²) in [7, 11) is 0. The molecule has 7 rings (SSSR count). The molecule has 2 heterocycles. The predicted octanol–water partition coefficient (Wildman–Crippen LogP) is 8.41. The highest BCUT2D eigenvalue weighted by molar-refractivity contribution is 5.79. The molecule has 1 saturated carbocycles. The lowest BCUT2D eigenvalue weighted by Gasteiger charge is -2.41. The molecule has 1 aliphatic carbocycles. The molecular formula is C39H36N2O3. The van der Waals surface area contributed by atoms with Crippen LogP contribution in [0.5, 0.6) is 11.5 Å². The number of pyridine rings is 2. The number of hydrogen-bond donors (Lipinski definition) is 1. The van der Waals surface area contributed by atoms with E-state index in [0.717, 1.165) is 70.4 Å². The third kappa shape index (κ3) is 5.88. The van der Waals surface area contributed by atoms with Crippen molar-refractivity contribution in [3.63, 3.8) is 0 Å². The predicted molar refractivity (Wildman–Crippen MR) is 175 cm³/mol. The Balaban J connectivity index is 1.06. The van der Waals surface area contributed by atoms with E-state index in [0.29, 0.717) is 19.1 Å². The van der Waals surface area contributed by atoms with Crippen LogP contribution in [-0.4, -0.2) is 21.7 Å². The number of hydrogen-bond acceptors (Lipinski definition) is 5. The van der Waals surface area contributed by atoms with E-state index in [-0.39, 0.29) is 12.0 Å². The molecule has 6 aromatic rings. The van der Waals surface area contributed by atoms with E-state index >= 15 is 0 Å². The fraction of sp³-hybridized carbons (Fsp3) is 0.231. The first-order valence-electron chi connectivity index (χ1n) is 15.5. The summed E-state index contributed by atoms with van der Waals surface area (Å²) in [5, 5.41) is 12.1. The molecule has 4 aromatic carbocycles. The molecule has 5 heteroatoms. The SMILES string of the molecule is OCC1CCC(c2ccc(OCc3ccc4ccccc4n3)cc2)(c2ccc(OCc3ccc4ccccc4n3)cc2)CC1. The fourth-order valence-corrected chi connectivity index (χ4v) is 6.53. The van der Waals surface area contributed by atoms with E-state index in [4.69, 9.17) is 19.4 Å². The average Bonchev–Trinajstić information content (AvgIpc) is 3.10. The van der Waals surface area contributed by atoms with Crippen LogP contribution in [0.2, 0.25) is 0 Å². The van der Waals surface area contributed by atoms with E-state index in [2.05, 4.69) is 72.8 Å². The van der Waals surface area contributed by atoms with Crippen molar-refractivity contribution in [3.05, 3.63) is 144 Å². The second-order valence-corrected chi connectivity index (χ2v) is 11.8. The highest BCUT2D eigenvalue weighted by atomic mass is 16.5. The second-order valence-electron chi connectivity index (χ2n) is 11.8. The molecular weight excluding hydrogens is 544 g/mol. The second kappa shape index (κ2) is 12.5. The summed E-state index contributed by atoms with van der Waals surface area (Å²) in [6, 6.07) is 41.6. The molecule has 0 radical (unpaired) electrons. The van der Waals surface area contributed by atoms with Gasteiger partial charge in [0.05, 0.1) is 22.4 Å². The maximum atomic E-state index is 9.85. The van der Waals surface area contributed by atoms with Gasteiger partial charge in [-0.05, 0) is 91.3 Å². The zero-order valence-corrected chi connectivity index (χ0v) is 24.7. The number of nitrogens with zero attached hydrogens (tertiary/aromatic N) is 2. The van der Waals surface area contributed by atoms with E-state index < -0.39 is 0 Å². The fourth-order valence-electron chi connectivity index (χ4n) is 6.53. The Bertz CT molecular complexity index is 1730. The van der Waals surface area contributed by atoms with Crippen molar-refractivity contribution in [1.29, 1.82) is 0 Å². The number of benzene rings is 4. The topological polar surface area (TPSA) is 64.5 Å². The van der Waals surface area contributed by atoms with E-state index in [1.807, 2.05) is 48.5 Å². The molecule has 44 heavy (non-hydrogen) atoms.